The minimum absolute atomic E-state index is 0.185. The molecule has 3 rings (SSSR count). The monoisotopic (exact) mass is 335 g/mol. The number of nitrogens with one attached hydrogen (secondary N) is 1. The van der Waals surface area contributed by atoms with Crippen molar-refractivity contribution in [3.63, 3.8) is 0 Å². The largest absolute Gasteiger partial charge is 0.391 e. The molecule has 5 nitrogen and oxygen atoms in total. The average molecular weight is 335 g/mol. The standard InChI is InChI=1S/C20H21N3O2/c1-15-12-19(22-23(15)17-10-6-3-7-11-17)20(25)21-14-18(24)13-16-8-4-2-5-9-16/h2-12,18,24H,13-14H2,1H3,(H,21,25). The van der Waals surface area contributed by atoms with Crippen LogP contribution in [0.3, 0.4) is 0 Å². The Balaban J connectivity index is 1.60. The Morgan fingerprint density at radius 3 is 2.44 bits per heavy atom. The summed E-state index contributed by atoms with van der Waals surface area (Å²) >= 11 is 0. The number of carbonyl (C=O) groups excluding carboxylic acids is 1. The number of aliphatic hydroxyl groups is 1. The molecule has 0 bridgehead atoms. The third-order valence-corrected chi connectivity index (χ3v) is 3.93. The lowest BCUT2D eigenvalue weighted by Crippen LogP contribution is -2.33. The van der Waals surface area contributed by atoms with Crippen molar-refractivity contribution < 1.29 is 9.90 Å². The van der Waals surface area contributed by atoms with Gasteiger partial charge in [-0.25, -0.2) is 4.68 Å². The smallest absolute Gasteiger partial charge is 0.271 e. The fourth-order valence-electron chi connectivity index (χ4n) is 2.68. The van der Waals surface area contributed by atoms with E-state index in [0.717, 1.165) is 16.9 Å². The highest BCUT2D eigenvalue weighted by Gasteiger charge is 2.14. The van der Waals surface area contributed by atoms with E-state index in [0.29, 0.717) is 12.1 Å². The third-order valence-electron chi connectivity index (χ3n) is 3.93. The zero-order valence-corrected chi connectivity index (χ0v) is 14.1. The molecule has 2 aromatic carbocycles. The van der Waals surface area contributed by atoms with Gasteiger partial charge in [-0.15, -0.1) is 0 Å². The van der Waals surface area contributed by atoms with Crippen LogP contribution in [0.2, 0.25) is 0 Å². The van der Waals surface area contributed by atoms with Crippen molar-refractivity contribution in [3.05, 3.63) is 83.7 Å². The van der Waals surface area contributed by atoms with Gasteiger partial charge in [0.1, 0.15) is 0 Å². The van der Waals surface area contributed by atoms with Crippen molar-refractivity contribution in [3.8, 4) is 5.69 Å². The lowest BCUT2D eigenvalue weighted by Gasteiger charge is -2.11. The fourth-order valence-corrected chi connectivity index (χ4v) is 2.68. The first-order chi connectivity index (χ1) is 12.1. The molecule has 0 aliphatic heterocycles. The molecule has 1 aromatic heterocycles. The minimum Gasteiger partial charge on any atom is -0.391 e. The van der Waals surface area contributed by atoms with E-state index in [4.69, 9.17) is 0 Å². The highest BCUT2D eigenvalue weighted by atomic mass is 16.3. The number of hydrogen-bond donors (Lipinski definition) is 2. The van der Waals surface area contributed by atoms with Crippen LogP contribution in [0.1, 0.15) is 21.7 Å². The zero-order chi connectivity index (χ0) is 17.6. The van der Waals surface area contributed by atoms with Crippen LogP contribution in [0.4, 0.5) is 0 Å². The van der Waals surface area contributed by atoms with E-state index in [9.17, 15) is 9.90 Å². The van der Waals surface area contributed by atoms with E-state index in [-0.39, 0.29) is 12.5 Å². The molecule has 0 aliphatic carbocycles. The molecule has 0 fully saturated rings. The van der Waals surface area contributed by atoms with Gasteiger partial charge in [0.05, 0.1) is 11.8 Å². The SMILES string of the molecule is Cc1cc(C(=O)NCC(O)Cc2ccccc2)nn1-c1ccccc1. The van der Waals surface area contributed by atoms with Gasteiger partial charge >= 0.3 is 0 Å². The lowest BCUT2D eigenvalue weighted by atomic mass is 10.1. The lowest BCUT2D eigenvalue weighted by molar-refractivity contribution is 0.0910. The van der Waals surface area contributed by atoms with E-state index >= 15 is 0 Å². The van der Waals surface area contributed by atoms with Gasteiger partial charge < -0.3 is 10.4 Å². The zero-order valence-electron chi connectivity index (χ0n) is 14.1. The van der Waals surface area contributed by atoms with Crippen molar-refractivity contribution in [2.45, 2.75) is 19.4 Å². The van der Waals surface area contributed by atoms with Gasteiger partial charge in [-0.05, 0) is 30.7 Å². The Bertz CT molecular complexity index is 829. The molecule has 0 saturated carbocycles. The van der Waals surface area contributed by atoms with Gasteiger partial charge in [0.2, 0.25) is 0 Å². The number of para-hydroxylation sites is 1. The molecule has 25 heavy (non-hydrogen) atoms. The molecule has 0 aliphatic rings. The van der Waals surface area contributed by atoms with Gasteiger partial charge in [-0.1, -0.05) is 48.5 Å². The minimum atomic E-state index is -0.636. The number of carbonyl (C=O) groups is 1. The second-order valence-electron chi connectivity index (χ2n) is 5.97. The maximum Gasteiger partial charge on any atom is 0.271 e. The molecule has 128 valence electrons. The highest BCUT2D eigenvalue weighted by molar-refractivity contribution is 5.92. The van der Waals surface area contributed by atoms with Gasteiger partial charge in [0.25, 0.3) is 5.91 Å². The summed E-state index contributed by atoms with van der Waals surface area (Å²) in [4.78, 5) is 12.3. The predicted molar refractivity (Wildman–Crippen MR) is 96.8 cm³/mol. The fraction of sp³-hybridized carbons (Fsp3) is 0.200. The summed E-state index contributed by atoms with van der Waals surface area (Å²) in [5.41, 5.74) is 3.16. The van der Waals surface area contributed by atoms with Gasteiger partial charge in [0, 0.05) is 18.7 Å². The van der Waals surface area contributed by atoms with Crippen LogP contribution in [0.25, 0.3) is 5.69 Å². The van der Waals surface area contributed by atoms with Crippen molar-refractivity contribution in [1.82, 2.24) is 15.1 Å². The van der Waals surface area contributed by atoms with Crippen LogP contribution in [0, 0.1) is 6.92 Å². The molecule has 0 radical (unpaired) electrons. The normalized spacial score (nSPS) is 11.9. The number of amides is 1. The van der Waals surface area contributed by atoms with Crippen LogP contribution in [0.15, 0.2) is 66.7 Å². The van der Waals surface area contributed by atoms with E-state index in [2.05, 4.69) is 10.4 Å². The summed E-state index contributed by atoms with van der Waals surface area (Å²) in [6, 6.07) is 21.1. The molecule has 5 heteroatoms. The first-order valence-electron chi connectivity index (χ1n) is 8.26. The second-order valence-corrected chi connectivity index (χ2v) is 5.97. The van der Waals surface area contributed by atoms with Crippen LogP contribution in [0.5, 0.6) is 0 Å². The number of aryl methyl sites for hydroxylation is 1. The van der Waals surface area contributed by atoms with Crippen molar-refractivity contribution >= 4 is 5.91 Å². The van der Waals surface area contributed by atoms with Crippen LogP contribution in [-0.4, -0.2) is 33.4 Å². The number of nitrogens with zero attached hydrogens (tertiary/aromatic N) is 2. The van der Waals surface area contributed by atoms with Crippen LogP contribution >= 0.6 is 0 Å². The van der Waals surface area contributed by atoms with Crippen LogP contribution < -0.4 is 5.32 Å². The molecule has 0 saturated heterocycles. The summed E-state index contributed by atoms with van der Waals surface area (Å²) in [5.74, 6) is -0.287. The summed E-state index contributed by atoms with van der Waals surface area (Å²) in [7, 11) is 0. The number of benzene rings is 2. The molecule has 0 spiro atoms. The molecular weight excluding hydrogens is 314 g/mol. The average Bonchev–Trinajstić information content (AvgIpc) is 3.03. The number of aliphatic hydroxyl groups excluding tert-OH is 1. The first kappa shape index (κ1) is 16.9. The Hall–Kier alpha value is -2.92. The Morgan fingerprint density at radius 1 is 1.12 bits per heavy atom. The van der Waals surface area contributed by atoms with Crippen molar-refractivity contribution in [1.29, 1.82) is 0 Å². The maximum absolute atomic E-state index is 12.3. The molecule has 1 unspecified atom stereocenters. The topological polar surface area (TPSA) is 67.2 Å². The Morgan fingerprint density at radius 2 is 1.76 bits per heavy atom. The van der Waals surface area contributed by atoms with Crippen molar-refractivity contribution in [2.24, 2.45) is 0 Å². The van der Waals surface area contributed by atoms with Gasteiger partial charge in [-0.2, -0.15) is 5.10 Å². The summed E-state index contributed by atoms with van der Waals surface area (Å²) in [6.45, 7) is 2.09. The molecular formula is C20H21N3O2. The molecule has 1 amide bonds. The summed E-state index contributed by atoms with van der Waals surface area (Å²) in [5, 5.41) is 17.2. The quantitative estimate of drug-likeness (QED) is 0.727. The van der Waals surface area contributed by atoms with Gasteiger partial charge in [0.15, 0.2) is 5.69 Å². The van der Waals surface area contributed by atoms with Crippen LogP contribution in [-0.2, 0) is 6.42 Å². The van der Waals surface area contributed by atoms with E-state index < -0.39 is 6.10 Å². The number of aromatic nitrogens is 2. The molecule has 1 atom stereocenters. The molecule has 1 heterocycles. The number of hydrogen-bond acceptors (Lipinski definition) is 3. The number of rotatable bonds is 6. The predicted octanol–water partition coefficient (Wildman–Crippen LogP) is 2.51. The first-order valence-corrected chi connectivity index (χ1v) is 8.26. The Kier molecular flexibility index (Phi) is 5.26. The van der Waals surface area contributed by atoms with E-state index in [1.165, 1.54) is 0 Å². The highest BCUT2D eigenvalue weighted by Crippen LogP contribution is 2.11. The summed E-state index contributed by atoms with van der Waals surface area (Å²) in [6.07, 6.45) is -0.137. The van der Waals surface area contributed by atoms with E-state index in [1.54, 1.807) is 10.7 Å². The van der Waals surface area contributed by atoms with Gasteiger partial charge in [-0.3, -0.25) is 4.79 Å². The van der Waals surface area contributed by atoms with Crippen molar-refractivity contribution in [2.75, 3.05) is 6.54 Å². The molecule has 2 N–H and O–H groups in total. The van der Waals surface area contributed by atoms with E-state index in [1.807, 2.05) is 67.6 Å². The molecule has 3 aromatic rings. The summed E-state index contributed by atoms with van der Waals surface area (Å²) < 4.78 is 1.73. The maximum atomic E-state index is 12.3. The Labute approximate surface area is 146 Å². The second kappa shape index (κ2) is 7.77. The third kappa shape index (κ3) is 4.33.